The van der Waals surface area contributed by atoms with E-state index in [1.807, 2.05) is 32.9 Å². The minimum absolute atomic E-state index is 0.0619. The lowest BCUT2D eigenvalue weighted by Crippen LogP contribution is -2.34. The molecule has 2 nitrogen and oxygen atoms in total. The number of halogens is 1. The summed E-state index contributed by atoms with van der Waals surface area (Å²) in [5, 5.41) is 1.22. The second kappa shape index (κ2) is 5.64. The Labute approximate surface area is 129 Å². The van der Waals surface area contributed by atoms with Gasteiger partial charge in [-0.05, 0) is 49.7 Å². The summed E-state index contributed by atoms with van der Waals surface area (Å²) in [6.45, 7) is 7.98. The number of thiophene rings is 1. The SMILES string of the molecule is C[C@H](N[S@@](=O)C(C)(C)C)c1sc2ccccc2c1Br. The molecule has 19 heavy (non-hydrogen) atoms. The molecule has 0 saturated heterocycles. The average Bonchev–Trinajstić information content (AvgIpc) is 2.66. The van der Waals surface area contributed by atoms with E-state index in [1.54, 1.807) is 11.3 Å². The maximum atomic E-state index is 12.2. The molecule has 2 aromatic rings. The second-order valence-corrected chi connectivity index (χ2v) is 9.37. The highest BCUT2D eigenvalue weighted by molar-refractivity contribution is 9.10. The zero-order valence-corrected chi connectivity index (χ0v) is 14.7. The van der Waals surface area contributed by atoms with E-state index in [-0.39, 0.29) is 10.8 Å². The summed E-state index contributed by atoms with van der Waals surface area (Å²) in [4.78, 5) is 1.19. The van der Waals surface area contributed by atoms with E-state index in [0.29, 0.717) is 0 Å². The number of rotatable bonds is 3. The van der Waals surface area contributed by atoms with Crippen molar-refractivity contribution in [2.75, 3.05) is 0 Å². The first-order chi connectivity index (χ1) is 8.80. The van der Waals surface area contributed by atoms with Gasteiger partial charge in [0.05, 0.1) is 21.8 Å². The van der Waals surface area contributed by atoms with Gasteiger partial charge in [-0.2, -0.15) is 0 Å². The molecule has 0 aliphatic rings. The highest BCUT2D eigenvalue weighted by Gasteiger charge is 2.23. The van der Waals surface area contributed by atoms with Crippen molar-refractivity contribution in [1.29, 1.82) is 0 Å². The molecule has 1 aromatic carbocycles. The first-order valence-electron chi connectivity index (χ1n) is 6.15. The Balaban J connectivity index is 2.29. The molecule has 2 rings (SSSR count). The Morgan fingerprint density at radius 2 is 1.95 bits per heavy atom. The van der Waals surface area contributed by atoms with Crippen LogP contribution in [0.2, 0.25) is 0 Å². The molecule has 1 N–H and O–H groups in total. The van der Waals surface area contributed by atoms with Gasteiger partial charge in [-0.3, -0.25) is 0 Å². The Hall–Kier alpha value is -0.230. The quantitative estimate of drug-likeness (QED) is 0.839. The monoisotopic (exact) mass is 359 g/mol. The van der Waals surface area contributed by atoms with Crippen LogP contribution in [-0.2, 0) is 11.0 Å². The van der Waals surface area contributed by atoms with E-state index >= 15 is 0 Å². The van der Waals surface area contributed by atoms with E-state index in [4.69, 9.17) is 0 Å². The highest BCUT2D eigenvalue weighted by atomic mass is 79.9. The number of hydrogen-bond donors (Lipinski definition) is 1. The van der Waals surface area contributed by atoms with E-state index in [9.17, 15) is 4.21 Å². The van der Waals surface area contributed by atoms with Crippen LogP contribution in [0.3, 0.4) is 0 Å². The third-order valence-corrected chi connectivity index (χ3v) is 6.94. The predicted molar refractivity (Wildman–Crippen MR) is 89.0 cm³/mol. The van der Waals surface area contributed by atoms with E-state index in [2.05, 4.69) is 39.7 Å². The minimum atomic E-state index is -1.06. The molecule has 1 heterocycles. The zero-order chi connectivity index (χ0) is 14.2. The van der Waals surface area contributed by atoms with Crippen molar-refractivity contribution in [2.24, 2.45) is 0 Å². The fraction of sp³-hybridized carbons (Fsp3) is 0.429. The molecular weight excluding hydrogens is 342 g/mol. The molecule has 0 amide bonds. The molecule has 0 saturated carbocycles. The fourth-order valence-electron chi connectivity index (χ4n) is 1.70. The van der Waals surface area contributed by atoms with Crippen LogP contribution >= 0.6 is 27.3 Å². The Bertz CT molecular complexity index is 615. The van der Waals surface area contributed by atoms with Crippen LogP contribution in [0.5, 0.6) is 0 Å². The van der Waals surface area contributed by atoms with Gasteiger partial charge in [0, 0.05) is 19.4 Å². The predicted octanol–water partition coefficient (Wildman–Crippen LogP) is 4.78. The van der Waals surface area contributed by atoms with E-state index in [1.165, 1.54) is 15.0 Å². The van der Waals surface area contributed by atoms with Gasteiger partial charge in [-0.15, -0.1) is 11.3 Å². The molecule has 0 radical (unpaired) electrons. The standard InChI is InChI=1S/C14H18BrNOS2/c1-9(16-19(17)14(2,3)4)13-12(15)10-7-5-6-8-11(10)18-13/h5-9,16H,1-4H3/t9-,19-/m0/s1. The van der Waals surface area contributed by atoms with E-state index < -0.39 is 11.0 Å². The number of benzene rings is 1. The molecule has 2 atom stereocenters. The third kappa shape index (κ3) is 3.27. The third-order valence-electron chi connectivity index (χ3n) is 2.79. The van der Waals surface area contributed by atoms with Crippen LogP contribution < -0.4 is 4.72 Å². The largest absolute Gasteiger partial charge is 0.242 e. The minimum Gasteiger partial charge on any atom is -0.242 e. The van der Waals surface area contributed by atoms with Crippen LogP contribution in [0, 0.1) is 0 Å². The topological polar surface area (TPSA) is 29.1 Å². The van der Waals surface area contributed by atoms with Crippen molar-refractivity contribution < 1.29 is 4.21 Å². The van der Waals surface area contributed by atoms with E-state index in [0.717, 1.165) is 4.47 Å². The summed E-state index contributed by atoms with van der Waals surface area (Å²) >= 11 is 5.41. The Morgan fingerprint density at radius 3 is 2.53 bits per heavy atom. The highest BCUT2D eigenvalue weighted by Crippen LogP contribution is 2.39. The molecule has 0 aliphatic heterocycles. The molecule has 0 fully saturated rings. The van der Waals surface area contributed by atoms with Crippen molar-refractivity contribution in [3.63, 3.8) is 0 Å². The maximum absolute atomic E-state index is 12.2. The van der Waals surface area contributed by atoms with Gasteiger partial charge < -0.3 is 0 Å². The first-order valence-corrected chi connectivity index (χ1v) is 8.91. The molecule has 0 bridgehead atoms. The molecule has 0 spiro atoms. The van der Waals surface area contributed by atoms with Crippen molar-refractivity contribution in [2.45, 2.75) is 38.5 Å². The Morgan fingerprint density at radius 1 is 1.32 bits per heavy atom. The molecule has 104 valence electrons. The Kier molecular flexibility index (Phi) is 4.50. The smallest absolute Gasteiger partial charge is 0.0976 e. The van der Waals surface area contributed by atoms with Gasteiger partial charge >= 0.3 is 0 Å². The number of hydrogen-bond acceptors (Lipinski definition) is 2. The van der Waals surface area contributed by atoms with Crippen LogP contribution in [0.25, 0.3) is 10.1 Å². The summed E-state index contributed by atoms with van der Waals surface area (Å²) < 4.78 is 17.5. The number of nitrogens with one attached hydrogen (secondary N) is 1. The first kappa shape index (κ1) is 15.2. The summed E-state index contributed by atoms with van der Waals surface area (Å²) in [7, 11) is -1.06. The van der Waals surface area contributed by atoms with Crippen molar-refractivity contribution >= 4 is 48.3 Å². The lowest BCUT2D eigenvalue weighted by molar-refractivity contribution is 0.618. The zero-order valence-electron chi connectivity index (χ0n) is 11.5. The van der Waals surface area contributed by atoms with Gasteiger partial charge in [-0.25, -0.2) is 8.93 Å². The average molecular weight is 360 g/mol. The molecule has 0 aliphatic carbocycles. The summed E-state index contributed by atoms with van der Waals surface area (Å²) in [5.74, 6) is 0. The van der Waals surface area contributed by atoms with Crippen LogP contribution in [0.4, 0.5) is 0 Å². The summed E-state index contributed by atoms with van der Waals surface area (Å²) in [5.41, 5.74) is 0. The second-order valence-electron chi connectivity index (χ2n) is 5.50. The molecular formula is C14H18BrNOS2. The van der Waals surface area contributed by atoms with Crippen LogP contribution in [-0.4, -0.2) is 8.96 Å². The van der Waals surface area contributed by atoms with Crippen molar-refractivity contribution in [3.8, 4) is 0 Å². The van der Waals surface area contributed by atoms with Crippen molar-refractivity contribution in [3.05, 3.63) is 33.6 Å². The van der Waals surface area contributed by atoms with Gasteiger partial charge in [0.15, 0.2) is 0 Å². The van der Waals surface area contributed by atoms with Crippen LogP contribution in [0.15, 0.2) is 28.7 Å². The van der Waals surface area contributed by atoms with Gasteiger partial charge in [0.25, 0.3) is 0 Å². The van der Waals surface area contributed by atoms with Gasteiger partial charge in [0.2, 0.25) is 0 Å². The van der Waals surface area contributed by atoms with Crippen molar-refractivity contribution in [1.82, 2.24) is 4.72 Å². The van der Waals surface area contributed by atoms with Gasteiger partial charge in [0.1, 0.15) is 0 Å². The molecule has 5 heteroatoms. The maximum Gasteiger partial charge on any atom is 0.0976 e. The molecule has 1 aromatic heterocycles. The summed E-state index contributed by atoms with van der Waals surface area (Å²) in [6.07, 6.45) is 0. The fourth-order valence-corrected chi connectivity index (χ4v) is 4.73. The summed E-state index contributed by atoms with van der Waals surface area (Å²) in [6, 6.07) is 8.36. The lowest BCUT2D eigenvalue weighted by atomic mass is 10.2. The van der Waals surface area contributed by atoms with Gasteiger partial charge in [-0.1, -0.05) is 18.2 Å². The normalized spacial score (nSPS) is 15.6. The lowest BCUT2D eigenvalue weighted by Gasteiger charge is -2.21. The number of fused-ring (bicyclic) bond motifs is 1. The van der Waals surface area contributed by atoms with Crippen LogP contribution in [0.1, 0.15) is 38.6 Å². The molecule has 0 unspecified atom stereocenters.